The number of carbonyl (C=O) groups is 1. The normalized spacial score (nSPS) is 11.3. The number of fused-ring (bicyclic) bond motifs is 1. The largest absolute Gasteiger partial charge is 3.00 e. The van der Waals surface area contributed by atoms with Crippen molar-refractivity contribution in [2.75, 3.05) is 0 Å². The summed E-state index contributed by atoms with van der Waals surface area (Å²) in [5.41, 5.74) is 8.30. The first kappa shape index (κ1) is 38.3. The summed E-state index contributed by atoms with van der Waals surface area (Å²) < 4.78 is 35.4. The molecule has 0 aliphatic rings. The van der Waals surface area contributed by atoms with Crippen molar-refractivity contribution in [3.63, 3.8) is 0 Å². The molecule has 0 atom stereocenters. The minimum absolute atomic E-state index is 0. The molecule has 6 rings (SSSR count). The number of carbonyl (C=O) groups excluding carboxylic acids is 1. The number of nitrogens with one attached hydrogen (secondary N) is 1. The number of para-hydroxylation sites is 1. The zero-order valence-corrected chi connectivity index (χ0v) is 28.5. The van der Waals surface area contributed by atoms with Crippen molar-refractivity contribution in [3.8, 4) is 17.3 Å². The Morgan fingerprint density at radius 3 is 2.13 bits per heavy atom. The van der Waals surface area contributed by atoms with Gasteiger partial charge in [0.15, 0.2) is 0 Å². The van der Waals surface area contributed by atoms with Crippen LogP contribution in [0.1, 0.15) is 18.9 Å². The van der Waals surface area contributed by atoms with Crippen LogP contribution in [0.2, 0.25) is 0 Å². The van der Waals surface area contributed by atoms with Crippen LogP contribution in [0.3, 0.4) is 0 Å². The summed E-state index contributed by atoms with van der Waals surface area (Å²) in [5.74, 6) is -2.51. The van der Waals surface area contributed by atoms with Gasteiger partial charge in [-0.3, -0.25) is 10.1 Å². The number of hydrogen-bond acceptors (Lipinski definition) is 14. The number of nitro groups is 1. The van der Waals surface area contributed by atoms with Crippen molar-refractivity contribution in [2.24, 2.45) is 20.5 Å². The van der Waals surface area contributed by atoms with E-state index in [0.29, 0.717) is 11.4 Å². The second-order valence-electron chi connectivity index (χ2n) is 10.4. The fourth-order valence-electron chi connectivity index (χ4n) is 4.64. The fraction of sp³-hybridized carbons (Fsp3) is 0.0303. The predicted octanol–water partition coefficient (Wildman–Crippen LogP) is 6.08. The van der Waals surface area contributed by atoms with Crippen LogP contribution in [-0.2, 0) is 27.5 Å². The SMILES string of the molecule is Cc1nn(-c2ccccc2)c([O-])c1N=Nc1ccccc1C(=O)[O-].[Cr+3].[H+].[H+].[NH-]c1ccc2c(S(=O)(=O)[O-])cccc2c1N=Nc1ccc([N+](=O)[O-])cc1[O-]. The number of aryl methyl sites for hydroxylation is 1. The van der Waals surface area contributed by atoms with Crippen molar-refractivity contribution < 1.29 is 58.2 Å². The molecule has 1 aromatic heterocycles. The van der Waals surface area contributed by atoms with Gasteiger partial charge in [-0.1, -0.05) is 66.4 Å². The maximum atomic E-state index is 12.4. The molecule has 0 aliphatic heterocycles. The van der Waals surface area contributed by atoms with Crippen molar-refractivity contribution in [1.29, 1.82) is 0 Å². The Balaban J connectivity index is 0.000000356. The number of nitrogens with zero attached hydrogens (tertiary/aromatic N) is 7. The number of aromatic carboxylic acids is 1. The first-order valence-corrected chi connectivity index (χ1v) is 15.8. The number of carboxylic acids is 1. The van der Waals surface area contributed by atoms with Gasteiger partial charge < -0.3 is 30.4 Å². The number of azo groups is 2. The third kappa shape index (κ3) is 8.43. The van der Waals surface area contributed by atoms with Gasteiger partial charge in [0.2, 0.25) is 0 Å². The first-order valence-electron chi connectivity index (χ1n) is 14.4. The van der Waals surface area contributed by atoms with E-state index in [0.717, 1.165) is 24.3 Å². The number of carboxylic acid groups (broad SMARTS) is 1. The molecule has 0 aliphatic carbocycles. The molecule has 5 aromatic carbocycles. The van der Waals surface area contributed by atoms with Gasteiger partial charge in [0.25, 0.3) is 5.69 Å². The molecule has 0 saturated carbocycles. The Bertz CT molecular complexity index is 2490. The van der Waals surface area contributed by atoms with E-state index in [-0.39, 0.29) is 65.0 Å². The van der Waals surface area contributed by atoms with Crippen molar-refractivity contribution >= 4 is 61.0 Å². The summed E-state index contributed by atoms with van der Waals surface area (Å²) >= 11 is 0. The molecular formula is C33H23CrN8O9S. The van der Waals surface area contributed by atoms with Gasteiger partial charge in [-0.05, 0) is 37.3 Å². The van der Waals surface area contributed by atoms with Crippen LogP contribution in [0, 0.1) is 17.0 Å². The zero-order valence-electron chi connectivity index (χ0n) is 28.4. The molecule has 1 N–H and O–H groups in total. The summed E-state index contributed by atoms with van der Waals surface area (Å²) in [5, 5.41) is 65.8. The van der Waals surface area contributed by atoms with E-state index in [1.165, 1.54) is 41.1 Å². The van der Waals surface area contributed by atoms with E-state index < -0.39 is 43.2 Å². The maximum Gasteiger partial charge on any atom is 3.00 e. The Labute approximate surface area is 308 Å². The van der Waals surface area contributed by atoms with E-state index in [9.17, 15) is 43.2 Å². The van der Waals surface area contributed by atoms with E-state index in [2.05, 4.69) is 25.6 Å². The fourth-order valence-corrected chi connectivity index (χ4v) is 5.33. The Morgan fingerprint density at radius 1 is 0.827 bits per heavy atom. The van der Waals surface area contributed by atoms with Gasteiger partial charge in [-0.2, -0.15) is 15.3 Å². The minimum Gasteiger partial charge on any atom is -0.871 e. The molecule has 0 amide bonds. The molecule has 261 valence electrons. The number of hydrogen-bond donors (Lipinski definition) is 0. The average Bonchev–Trinajstić information content (AvgIpc) is 3.39. The van der Waals surface area contributed by atoms with Crippen LogP contribution >= 0.6 is 0 Å². The third-order valence-corrected chi connectivity index (χ3v) is 7.94. The van der Waals surface area contributed by atoms with Crippen LogP contribution in [0.4, 0.5) is 34.1 Å². The molecule has 0 spiro atoms. The Hall–Kier alpha value is -6.52. The molecule has 0 saturated heterocycles. The first-order chi connectivity index (χ1) is 24.3. The molecule has 0 unspecified atom stereocenters. The van der Waals surface area contributed by atoms with Gasteiger partial charge in [0, 0.05) is 34.3 Å². The number of aromatic nitrogens is 2. The number of non-ortho nitro benzene ring substituents is 1. The quantitative estimate of drug-likeness (QED) is 0.0746. The number of rotatable bonds is 8. The van der Waals surface area contributed by atoms with Crippen molar-refractivity contribution in [1.82, 2.24) is 9.78 Å². The third-order valence-electron chi connectivity index (χ3n) is 7.04. The smallest absolute Gasteiger partial charge is 0.871 e. The summed E-state index contributed by atoms with van der Waals surface area (Å²) in [6.45, 7) is 1.64. The molecule has 1 heterocycles. The van der Waals surface area contributed by atoms with Gasteiger partial charge >= 0.3 is 20.2 Å². The van der Waals surface area contributed by atoms with E-state index in [4.69, 9.17) is 5.73 Å². The second kappa shape index (κ2) is 16.0. The number of benzene rings is 5. The topological polar surface area (TPSA) is 278 Å². The second-order valence-corrected chi connectivity index (χ2v) is 11.7. The van der Waals surface area contributed by atoms with Crippen LogP contribution in [0.5, 0.6) is 11.6 Å². The molecule has 1 radical (unpaired) electrons. The Morgan fingerprint density at radius 2 is 1.48 bits per heavy atom. The van der Waals surface area contributed by atoms with E-state index in [1.54, 1.807) is 43.3 Å². The molecule has 0 fully saturated rings. The summed E-state index contributed by atoms with van der Waals surface area (Å²) in [7, 11) is -4.74. The molecule has 19 heteroatoms. The molecule has 0 bridgehead atoms. The van der Waals surface area contributed by atoms with Crippen molar-refractivity contribution in [3.05, 3.63) is 130 Å². The molecule has 6 aromatic rings. The predicted molar refractivity (Wildman–Crippen MR) is 178 cm³/mol. The number of nitro benzene ring substituents is 1. The summed E-state index contributed by atoms with van der Waals surface area (Å²) in [4.78, 5) is 20.5. The Kier molecular flexibility index (Phi) is 11.8. The minimum atomic E-state index is -4.74. The average molecular weight is 760 g/mol. The zero-order chi connectivity index (χ0) is 36.9. The molecule has 52 heavy (non-hydrogen) atoms. The van der Waals surface area contributed by atoms with Gasteiger partial charge in [0.05, 0.1) is 44.2 Å². The summed E-state index contributed by atoms with van der Waals surface area (Å²) in [6.07, 6.45) is 0. The van der Waals surface area contributed by atoms with Crippen LogP contribution < -0.4 is 15.3 Å². The van der Waals surface area contributed by atoms with Crippen LogP contribution in [0.15, 0.2) is 128 Å². The monoisotopic (exact) mass is 759 g/mol. The summed E-state index contributed by atoms with van der Waals surface area (Å²) in [6, 6.07) is 24.4. The van der Waals surface area contributed by atoms with E-state index >= 15 is 0 Å². The van der Waals surface area contributed by atoms with Gasteiger partial charge in [0.1, 0.15) is 15.8 Å². The molecular weight excluding hydrogens is 736 g/mol. The van der Waals surface area contributed by atoms with E-state index in [1.807, 2.05) is 6.07 Å². The van der Waals surface area contributed by atoms with Crippen LogP contribution in [0.25, 0.3) is 22.2 Å². The van der Waals surface area contributed by atoms with Crippen LogP contribution in [-0.4, -0.2) is 33.6 Å². The van der Waals surface area contributed by atoms with Gasteiger partial charge in [-0.25, -0.2) is 13.1 Å². The van der Waals surface area contributed by atoms with Gasteiger partial charge in [-0.15, -0.1) is 15.9 Å². The maximum absolute atomic E-state index is 12.4. The standard InChI is InChI=1S/C17H14N4O3.C16H11N4O6S.Cr/c1-11-15(16(22)21(20-11)12-7-3-2-4-8-12)19-18-14-10-6-5-9-13(14)17(23)24;17-12-6-5-10-11(2-1-3-15(10)27(24,25)26)16(12)19-18-13-7-4-9(20(22)23)8-14(13)21;/h2-10,22H,1H3,(H,23,24);1-8H,(H3-,17,18,19,21,24,25,26);/q;-1;+3/p-2. The van der Waals surface area contributed by atoms with Crippen molar-refractivity contribution in [2.45, 2.75) is 11.8 Å². The molecule has 17 nitrogen and oxygen atoms in total.